The number of benzene rings is 2. The maximum atomic E-state index is 2.62. The number of rotatable bonds is 3. The molecule has 0 N–H and O–H groups in total. The highest BCUT2D eigenvalue weighted by Crippen LogP contribution is 2.52. The van der Waals surface area contributed by atoms with Crippen LogP contribution >= 0.6 is 0 Å². The van der Waals surface area contributed by atoms with Crippen molar-refractivity contribution < 1.29 is 0 Å². The van der Waals surface area contributed by atoms with Gasteiger partial charge in [0.05, 0.1) is 0 Å². The van der Waals surface area contributed by atoms with Crippen LogP contribution in [-0.4, -0.2) is 0 Å². The Balaban J connectivity index is 3.55. The summed E-state index contributed by atoms with van der Waals surface area (Å²) in [6.45, 7) is 53.4. The Hall–Kier alpha value is -1.56. The van der Waals surface area contributed by atoms with Crippen LogP contribution in [0.5, 0.6) is 0 Å². The van der Waals surface area contributed by atoms with Crippen molar-refractivity contribution in [3.05, 3.63) is 68.3 Å². The molecule has 0 saturated heterocycles. The Morgan fingerprint density at radius 2 is 0.674 bits per heavy atom. The molecule has 0 heteroatoms. The molecule has 0 nitrogen and oxygen atoms in total. The van der Waals surface area contributed by atoms with Crippen LogP contribution in [0.4, 0.5) is 0 Å². The molecular weight excluding hydrogens is 516 g/mol. The molecule has 1 unspecified atom stereocenters. The summed E-state index contributed by atoms with van der Waals surface area (Å²) in [4.78, 5) is 0. The summed E-state index contributed by atoms with van der Waals surface area (Å²) in [5, 5.41) is 0. The Morgan fingerprint density at radius 3 is 0.884 bits per heavy atom. The third-order valence-electron chi connectivity index (χ3n) is 9.25. The molecule has 2 rings (SSSR count). The molecule has 0 aliphatic heterocycles. The van der Waals surface area contributed by atoms with Crippen molar-refractivity contribution in [3.63, 3.8) is 0 Å². The summed E-state index contributed by atoms with van der Waals surface area (Å²) in [6, 6.07) is 7.79. The third kappa shape index (κ3) is 8.00. The van der Waals surface area contributed by atoms with Crippen molar-refractivity contribution in [3.8, 4) is 0 Å². The van der Waals surface area contributed by atoms with E-state index in [2.05, 4.69) is 171 Å². The minimum atomic E-state index is -0.00305. The Bertz CT molecular complexity index is 1210. The van der Waals surface area contributed by atoms with E-state index in [0.29, 0.717) is 5.92 Å². The average molecular weight is 589 g/mol. The van der Waals surface area contributed by atoms with Gasteiger partial charge in [-0.15, -0.1) is 0 Å². The SMILES string of the molecule is CCC(c1c(C(C)(C)C)cc(C(C)(C)C)cc1C(C)(C)C)c1c(C(C)(C)C)c(C(C)(C)C)cc(C(C)(C)C)c1C(C)(C)C. The molecule has 0 radical (unpaired) electrons. The lowest BCUT2D eigenvalue weighted by atomic mass is 9.60. The van der Waals surface area contributed by atoms with Gasteiger partial charge in [-0.25, -0.2) is 0 Å². The lowest BCUT2D eigenvalue weighted by molar-refractivity contribution is 0.480. The van der Waals surface area contributed by atoms with Crippen LogP contribution in [-0.2, 0) is 37.9 Å². The second kappa shape index (κ2) is 11.4. The molecule has 0 aliphatic rings. The average Bonchev–Trinajstić information content (AvgIpc) is 2.73. The van der Waals surface area contributed by atoms with Gasteiger partial charge in [0.15, 0.2) is 0 Å². The van der Waals surface area contributed by atoms with E-state index in [9.17, 15) is 0 Å². The van der Waals surface area contributed by atoms with Crippen molar-refractivity contribution in [1.29, 1.82) is 0 Å². The Labute approximate surface area is 270 Å². The first-order chi connectivity index (χ1) is 18.8. The summed E-state index contributed by atoms with van der Waals surface area (Å²) in [7, 11) is 0. The van der Waals surface area contributed by atoms with Gasteiger partial charge in [0.2, 0.25) is 0 Å². The van der Waals surface area contributed by atoms with Crippen LogP contribution < -0.4 is 0 Å². The normalized spacial score (nSPS) is 15.2. The van der Waals surface area contributed by atoms with E-state index in [0.717, 1.165) is 6.42 Å². The van der Waals surface area contributed by atoms with Gasteiger partial charge in [0.1, 0.15) is 0 Å². The molecule has 0 bridgehead atoms. The highest BCUT2D eigenvalue weighted by atomic mass is 14.5. The van der Waals surface area contributed by atoms with Gasteiger partial charge in [0, 0.05) is 5.92 Å². The molecule has 244 valence electrons. The maximum absolute atomic E-state index is 2.62. The fourth-order valence-electron chi connectivity index (χ4n) is 7.11. The summed E-state index contributed by atoms with van der Waals surface area (Å²) in [6.07, 6.45) is 1.07. The van der Waals surface area contributed by atoms with Crippen LogP contribution in [0.3, 0.4) is 0 Å². The lowest BCUT2D eigenvalue weighted by Gasteiger charge is -2.44. The van der Waals surface area contributed by atoms with Gasteiger partial charge >= 0.3 is 0 Å². The summed E-state index contributed by atoms with van der Waals surface area (Å²) in [5.41, 5.74) is 14.0. The van der Waals surface area contributed by atoms with Crippen molar-refractivity contribution in [2.45, 2.75) is 203 Å². The van der Waals surface area contributed by atoms with E-state index in [1.165, 1.54) is 27.8 Å². The van der Waals surface area contributed by atoms with Crippen LogP contribution in [0, 0.1) is 0 Å². The zero-order valence-electron chi connectivity index (χ0n) is 33.0. The predicted molar refractivity (Wildman–Crippen MR) is 196 cm³/mol. The third-order valence-corrected chi connectivity index (χ3v) is 9.25. The molecule has 0 saturated carbocycles. The van der Waals surface area contributed by atoms with Gasteiger partial charge < -0.3 is 0 Å². The van der Waals surface area contributed by atoms with Crippen LogP contribution in [0.1, 0.15) is 215 Å². The molecular formula is C43H72. The number of hydrogen-bond donors (Lipinski definition) is 0. The van der Waals surface area contributed by atoms with E-state index in [-0.39, 0.29) is 37.9 Å². The smallest absolute Gasteiger partial charge is 0.00986 e. The molecule has 2 aromatic rings. The molecule has 0 aliphatic carbocycles. The van der Waals surface area contributed by atoms with E-state index in [4.69, 9.17) is 0 Å². The molecule has 43 heavy (non-hydrogen) atoms. The first kappa shape index (κ1) is 37.6. The molecule has 0 fully saturated rings. The first-order valence-electron chi connectivity index (χ1n) is 17.2. The minimum absolute atomic E-state index is 0.00305. The topological polar surface area (TPSA) is 0 Å². The summed E-state index contributed by atoms with van der Waals surface area (Å²) < 4.78 is 0. The fraction of sp³-hybridized carbons (Fsp3) is 0.721. The zero-order chi connectivity index (χ0) is 34.1. The molecule has 0 aromatic heterocycles. The highest BCUT2D eigenvalue weighted by Gasteiger charge is 2.41. The Morgan fingerprint density at radius 1 is 0.372 bits per heavy atom. The van der Waals surface area contributed by atoms with Crippen molar-refractivity contribution >= 4 is 0 Å². The van der Waals surface area contributed by atoms with Gasteiger partial charge in [-0.2, -0.15) is 0 Å². The highest BCUT2D eigenvalue weighted by molar-refractivity contribution is 5.61. The zero-order valence-corrected chi connectivity index (χ0v) is 33.0. The van der Waals surface area contributed by atoms with E-state index in [1.807, 2.05) is 0 Å². The fourth-order valence-corrected chi connectivity index (χ4v) is 7.11. The predicted octanol–water partition coefficient (Wildman–Crippen LogP) is 13.3. The quantitative estimate of drug-likeness (QED) is 0.334. The number of hydrogen-bond acceptors (Lipinski definition) is 0. The van der Waals surface area contributed by atoms with E-state index in [1.54, 1.807) is 22.3 Å². The maximum Gasteiger partial charge on any atom is 0.00986 e. The minimum Gasteiger partial charge on any atom is -0.0645 e. The molecule has 0 amide bonds. The van der Waals surface area contributed by atoms with Gasteiger partial charge in [-0.3, -0.25) is 0 Å². The van der Waals surface area contributed by atoms with Crippen molar-refractivity contribution in [2.24, 2.45) is 0 Å². The standard InChI is InChI=1S/C43H72/c1-23-28(33-29(38(5,6)7)24-27(37(2,3)4)25-30(33)39(8,9)10)34-35(42(17,18)19)31(40(11,12)13)26-32(41(14,15)16)36(34)43(20,21)22/h24-26,28H,23H2,1-22H3. The van der Waals surface area contributed by atoms with Crippen LogP contribution in [0.25, 0.3) is 0 Å². The van der Waals surface area contributed by atoms with Crippen molar-refractivity contribution in [1.82, 2.24) is 0 Å². The molecule has 0 heterocycles. The van der Waals surface area contributed by atoms with E-state index < -0.39 is 0 Å². The monoisotopic (exact) mass is 589 g/mol. The lowest BCUT2D eigenvalue weighted by Crippen LogP contribution is -2.34. The summed E-state index contributed by atoms with van der Waals surface area (Å²) in [5.74, 6) is 0.296. The van der Waals surface area contributed by atoms with Crippen LogP contribution in [0.2, 0.25) is 0 Å². The molecule has 1 atom stereocenters. The van der Waals surface area contributed by atoms with Crippen LogP contribution in [0.15, 0.2) is 18.2 Å². The Kier molecular flexibility index (Phi) is 9.93. The van der Waals surface area contributed by atoms with E-state index >= 15 is 0 Å². The van der Waals surface area contributed by atoms with Gasteiger partial charge in [-0.05, 0) is 94.4 Å². The summed E-state index contributed by atoms with van der Waals surface area (Å²) >= 11 is 0. The second-order valence-electron chi connectivity index (χ2n) is 20.8. The van der Waals surface area contributed by atoms with Gasteiger partial charge in [0.25, 0.3) is 0 Å². The second-order valence-corrected chi connectivity index (χ2v) is 20.8. The molecule has 0 spiro atoms. The van der Waals surface area contributed by atoms with Crippen molar-refractivity contribution in [2.75, 3.05) is 0 Å². The van der Waals surface area contributed by atoms with Gasteiger partial charge in [-0.1, -0.05) is 171 Å². The first-order valence-corrected chi connectivity index (χ1v) is 17.2. The molecule has 2 aromatic carbocycles. The largest absolute Gasteiger partial charge is 0.0645 e.